The summed E-state index contributed by atoms with van der Waals surface area (Å²) >= 11 is 0. The summed E-state index contributed by atoms with van der Waals surface area (Å²) in [6.45, 7) is 2.14. The molecule has 0 N–H and O–H groups in total. The van der Waals surface area contributed by atoms with Crippen molar-refractivity contribution in [2.24, 2.45) is 5.92 Å². The summed E-state index contributed by atoms with van der Waals surface area (Å²) in [7, 11) is 0. The molecule has 1 aromatic heterocycles. The Morgan fingerprint density at radius 2 is 1.83 bits per heavy atom. The van der Waals surface area contributed by atoms with Crippen LogP contribution in [-0.2, 0) is 11.3 Å². The number of nitrogens with zero attached hydrogens (tertiary/aromatic N) is 2. The molecule has 24 heavy (non-hydrogen) atoms. The molecule has 2 bridgehead atoms. The van der Waals surface area contributed by atoms with Gasteiger partial charge in [-0.05, 0) is 30.0 Å². The van der Waals surface area contributed by atoms with Gasteiger partial charge in [-0.25, -0.2) is 0 Å². The first kappa shape index (κ1) is 14.9. The summed E-state index contributed by atoms with van der Waals surface area (Å²) < 4.78 is 1.89. The quantitative estimate of drug-likeness (QED) is 0.798. The van der Waals surface area contributed by atoms with Crippen LogP contribution in [0.3, 0.4) is 0 Å². The number of aromatic nitrogens is 1. The van der Waals surface area contributed by atoms with Crippen LogP contribution in [0.5, 0.6) is 0 Å². The van der Waals surface area contributed by atoms with E-state index in [2.05, 4.69) is 0 Å². The molecule has 4 rings (SSSR count). The van der Waals surface area contributed by atoms with Gasteiger partial charge in [0, 0.05) is 43.4 Å². The molecule has 3 heterocycles. The summed E-state index contributed by atoms with van der Waals surface area (Å²) in [6, 6.07) is 15.3. The van der Waals surface area contributed by atoms with Gasteiger partial charge < -0.3 is 9.47 Å². The molecule has 1 aromatic carbocycles. The number of likely N-dealkylation sites (tertiary alicyclic amines) is 1. The van der Waals surface area contributed by atoms with Gasteiger partial charge in [0.2, 0.25) is 5.91 Å². The number of benzene rings is 1. The Kier molecular flexibility index (Phi) is 3.81. The first-order chi connectivity index (χ1) is 11.7. The number of hydrogen-bond acceptors (Lipinski definition) is 2. The zero-order valence-corrected chi connectivity index (χ0v) is 13.5. The van der Waals surface area contributed by atoms with Crippen molar-refractivity contribution in [3.05, 3.63) is 76.2 Å². The molecular weight excluding hydrogens is 300 g/mol. The van der Waals surface area contributed by atoms with E-state index in [0.717, 1.165) is 30.8 Å². The summed E-state index contributed by atoms with van der Waals surface area (Å²) in [5, 5.41) is 0. The normalized spacial score (nSPS) is 22.4. The lowest BCUT2D eigenvalue weighted by molar-refractivity contribution is -0.128. The summed E-state index contributed by atoms with van der Waals surface area (Å²) in [6.07, 6.45) is 4.59. The number of amides is 1. The summed E-state index contributed by atoms with van der Waals surface area (Å²) in [5.41, 5.74) is 2.18. The van der Waals surface area contributed by atoms with Crippen LogP contribution >= 0.6 is 0 Å². The van der Waals surface area contributed by atoms with Gasteiger partial charge in [-0.15, -0.1) is 0 Å². The highest BCUT2D eigenvalue weighted by Crippen LogP contribution is 2.34. The predicted molar refractivity (Wildman–Crippen MR) is 93.6 cm³/mol. The zero-order chi connectivity index (χ0) is 16.5. The number of rotatable bonds is 2. The molecule has 2 aromatic rings. The van der Waals surface area contributed by atoms with Gasteiger partial charge in [-0.1, -0.05) is 36.4 Å². The van der Waals surface area contributed by atoms with Crippen LogP contribution in [0.4, 0.5) is 0 Å². The molecule has 0 radical (unpaired) electrons. The Bertz CT molecular complexity index is 838. The monoisotopic (exact) mass is 320 g/mol. The van der Waals surface area contributed by atoms with Gasteiger partial charge in [-0.2, -0.15) is 0 Å². The number of pyridine rings is 1. The molecular formula is C20H20N2O2. The fraction of sp³-hybridized carbons (Fsp3) is 0.300. The molecule has 0 unspecified atom stereocenters. The predicted octanol–water partition coefficient (Wildman–Crippen LogP) is 2.51. The molecule has 0 aliphatic carbocycles. The minimum Gasteiger partial charge on any atom is -0.338 e. The van der Waals surface area contributed by atoms with Crippen molar-refractivity contribution in [1.29, 1.82) is 0 Å². The fourth-order valence-corrected chi connectivity index (χ4v) is 3.91. The lowest BCUT2D eigenvalue weighted by Gasteiger charge is -2.42. The third kappa shape index (κ3) is 2.80. The SMILES string of the molecule is O=C(/C=C/c1ccccc1)N1C[C@H]2C[C@H](C1)c1cccc(=O)n1C2. The van der Waals surface area contributed by atoms with Crippen molar-refractivity contribution in [1.82, 2.24) is 9.47 Å². The number of hydrogen-bond donors (Lipinski definition) is 0. The van der Waals surface area contributed by atoms with E-state index in [1.807, 2.05) is 58.0 Å². The maximum atomic E-state index is 12.6. The molecule has 1 saturated heterocycles. The minimum absolute atomic E-state index is 0.0558. The van der Waals surface area contributed by atoms with Crippen LogP contribution in [0.25, 0.3) is 6.08 Å². The van der Waals surface area contributed by atoms with E-state index in [1.165, 1.54) is 0 Å². The molecule has 4 nitrogen and oxygen atoms in total. The van der Waals surface area contributed by atoms with E-state index in [1.54, 1.807) is 12.1 Å². The Hall–Kier alpha value is -2.62. The Morgan fingerprint density at radius 3 is 2.67 bits per heavy atom. The van der Waals surface area contributed by atoms with E-state index >= 15 is 0 Å². The summed E-state index contributed by atoms with van der Waals surface area (Å²) in [4.78, 5) is 26.5. The van der Waals surface area contributed by atoms with Gasteiger partial charge in [0.05, 0.1) is 0 Å². The van der Waals surface area contributed by atoms with Gasteiger partial charge in [0.25, 0.3) is 5.56 Å². The van der Waals surface area contributed by atoms with Gasteiger partial charge >= 0.3 is 0 Å². The average Bonchev–Trinajstić information content (AvgIpc) is 2.61. The van der Waals surface area contributed by atoms with Crippen LogP contribution in [-0.4, -0.2) is 28.5 Å². The van der Waals surface area contributed by atoms with Crippen molar-refractivity contribution >= 4 is 12.0 Å². The van der Waals surface area contributed by atoms with E-state index in [9.17, 15) is 9.59 Å². The maximum absolute atomic E-state index is 12.6. The number of piperidine rings is 1. The van der Waals surface area contributed by atoms with Crippen LogP contribution < -0.4 is 5.56 Å². The summed E-state index contributed by atoms with van der Waals surface area (Å²) in [5.74, 6) is 0.686. The lowest BCUT2D eigenvalue weighted by Crippen LogP contribution is -2.48. The number of carbonyl (C=O) groups is 1. The molecule has 2 atom stereocenters. The molecule has 2 aliphatic rings. The molecule has 2 aliphatic heterocycles. The van der Waals surface area contributed by atoms with Crippen molar-refractivity contribution in [2.45, 2.75) is 18.9 Å². The number of fused-ring (bicyclic) bond motifs is 4. The van der Waals surface area contributed by atoms with Crippen LogP contribution in [0.1, 0.15) is 23.6 Å². The average molecular weight is 320 g/mol. The third-order valence-electron chi connectivity index (χ3n) is 5.01. The highest BCUT2D eigenvalue weighted by atomic mass is 16.2. The largest absolute Gasteiger partial charge is 0.338 e. The smallest absolute Gasteiger partial charge is 0.250 e. The Labute approximate surface area is 141 Å². The van der Waals surface area contributed by atoms with Gasteiger partial charge in [-0.3, -0.25) is 9.59 Å². The minimum atomic E-state index is 0.0558. The highest BCUT2D eigenvalue weighted by molar-refractivity contribution is 5.91. The first-order valence-electron chi connectivity index (χ1n) is 8.42. The molecule has 1 fully saturated rings. The zero-order valence-electron chi connectivity index (χ0n) is 13.5. The van der Waals surface area contributed by atoms with Crippen molar-refractivity contribution in [2.75, 3.05) is 13.1 Å². The first-order valence-corrected chi connectivity index (χ1v) is 8.42. The second-order valence-corrected chi connectivity index (χ2v) is 6.69. The highest BCUT2D eigenvalue weighted by Gasteiger charge is 2.35. The fourth-order valence-electron chi connectivity index (χ4n) is 3.91. The van der Waals surface area contributed by atoms with Crippen LogP contribution in [0.2, 0.25) is 0 Å². The van der Waals surface area contributed by atoms with E-state index in [-0.39, 0.29) is 17.4 Å². The van der Waals surface area contributed by atoms with Crippen molar-refractivity contribution in [3.8, 4) is 0 Å². The van der Waals surface area contributed by atoms with Gasteiger partial charge in [0.15, 0.2) is 0 Å². The molecule has 1 amide bonds. The lowest BCUT2D eigenvalue weighted by atomic mass is 9.83. The number of carbonyl (C=O) groups excluding carboxylic acids is 1. The Balaban J connectivity index is 1.53. The Morgan fingerprint density at radius 1 is 1.00 bits per heavy atom. The van der Waals surface area contributed by atoms with Crippen LogP contribution in [0.15, 0.2) is 59.4 Å². The van der Waals surface area contributed by atoms with Crippen LogP contribution in [0, 0.1) is 5.92 Å². The maximum Gasteiger partial charge on any atom is 0.250 e. The standard InChI is InChI=1S/C20H20N2O2/c23-19(10-9-15-5-2-1-3-6-15)21-12-16-11-17(14-21)18-7-4-8-20(24)22(18)13-16/h1-10,16-17H,11-14H2/b10-9+/t16-,17-/m1/s1. The van der Waals surface area contributed by atoms with E-state index in [4.69, 9.17) is 0 Å². The molecule has 4 heteroatoms. The van der Waals surface area contributed by atoms with E-state index in [0.29, 0.717) is 12.5 Å². The topological polar surface area (TPSA) is 42.3 Å². The molecule has 0 saturated carbocycles. The molecule has 122 valence electrons. The van der Waals surface area contributed by atoms with E-state index < -0.39 is 0 Å². The second-order valence-electron chi connectivity index (χ2n) is 6.69. The van der Waals surface area contributed by atoms with Crippen molar-refractivity contribution in [3.63, 3.8) is 0 Å². The van der Waals surface area contributed by atoms with Crippen molar-refractivity contribution < 1.29 is 4.79 Å². The molecule has 0 spiro atoms. The van der Waals surface area contributed by atoms with Gasteiger partial charge in [0.1, 0.15) is 0 Å². The second kappa shape index (κ2) is 6.11. The third-order valence-corrected chi connectivity index (χ3v) is 5.01.